The Morgan fingerprint density at radius 2 is 1.80 bits per heavy atom. The lowest BCUT2D eigenvalue weighted by Gasteiger charge is -2.45. The van der Waals surface area contributed by atoms with Crippen molar-refractivity contribution < 1.29 is 9.59 Å². The Morgan fingerprint density at radius 1 is 1.15 bits per heavy atom. The molecule has 3 rings (SSSR count). The number of hydrogen-bond donors (Lipinski definition) is 1. The molecule has 2 aliphatic rings. The van der Waals surface area contributed by atoms with Crippen molar-refractivity contribution in [1.82, 2.24) is 5.32 Å². The third-order valence-electron chi connectivity index (χ3n) is 5.57. The second kappa shape index (κ2) is 4.18. The van der Waals surface area contributed by atoms with E-state index >= 15 is 0 Å². The average molecular weight is 271 g/mol. The van der Waals surface area contributed by atoms with Crippen LogP contribution in [0.5, 0.6) is 0 Å². The number of carbonyl (C=O) groups excluding carboxylic acids is 2. The van der Waals surface area contributed by atoms with Gasteiger partial charge >= 0.3 is 0 Å². The fourth-order valence-corrected chi connectivity index (χ4v) is 3.69. The molecule has 1 saturated carbocycles. The molecule has 2 unspecified atom stereocenters. The summed E-state index contributed by atoms with van der Waals surface area (Å²) in [5, 5.41) is 2.53. The van der Waals surface area contributed by atoms with Crippen molar-refractivity contribution in [3.63, 3.8) is 0 Å². The molecule has 0 radical (unpaired) electrons. The van der Waals surface area contributed by atoms with E-state index in [1.54, 1.807) is 0 Å². The molecule has 0 bridgehead atoms. The van der Waals surface area contributed by atoms with E-state index in [4.69, 9.17) is 0 Å². The summed E-state index contributed by atoms with van der Waals surface area (Å²) >= 11 is 0. The highest BCUT2D eigenvalue weighted by Gasteiger charge is 2.61. The maximum absolute atomic E-state index is 12.5. The van der Waals surface area contributed by atoms with Crippen LogP contribution in [0, 0.1) is 17.8 Å². The van der Waals surface area contributed by atoms with Crippen LogP contribution < -0.4 is 5.32 Å². The number of rotatable bonds is 2. The van der Waals surface area contributed by atoms with Gasteiger partial charge in [-0.2, -0.15) is 0 Å². The van der Waals surface area contributed by atoms with Crippen LogP contribution in [0.3, 0.4) is 0 Å². The summed E-state index contributed by atoms with van der Waals surface area (Å²) in [7, 11) is 0. The monoisotopic (exact) mass is 271 g/mol. The largest absolute Gasteiger partial charge is 0.296 e. The van der Waals surface area contributed by atoms with Crippen LogP contribution in [-0.2, 0) is 9.59 Å². The minimum absolute atomic E-state index is 0.105. The number of aryl methyl sites for hydroxylation is 1. The Morgan fingerprint density at radius 3 is 2.40 bits per heavy atom. The van der Waals surface area contributed by atoms with Crippen LogP contribution in [0.4, 0.5) is 0 Å². The van der Waals surface area contributed by atoms with Gasteiger partial charge in [-0.15, -0.1) is 0 Å². The second-order valence-corrected chi connectivity index (χ2v) is 6.86. The van der Waals surface area contributed by atoms with Crippen LogP contribution in [0.1, 0.15) is 50.2 Å². The topological polar surface area (TPSA) is 46.2 Å². The molecule has 1 aliphatic carbocycles. The van der Waals surface area contributed by atoms with Crippen molar-refractivity contribution in [2.45, 2.75) is 46.0 Å². The van der Waals surface area contributed by atoms with Gasteiger partial charge in [-0.05, 0) is 41.7 Å². The van der Waals surface area contributed by atoms with Crippen molar-refractivity contribution in [2.24, 2.45) is 10.8 Å². The molecule has 3 heteroatoms. The van der Waals surface area contributed by atoms with E-state index < -0.39 is 0 Å². The maximum Gasteiger partial charge on any atom is 0.234 e. The molecule has 20 heavy (non-hydrogen) atoms. The molecule has 1 aromatic rings. The van der Waals surface area contributed by atoms with Crippen LogP contribution >= 0.6 is 0 Å². The number of amides is 2. The molecule has 2 fully saturated rings. The quantitative estimate of drug-likeness (QED) is 0.841. The summed E-state index contributed by atoms with van der Waals surface area (Å²) < 4.78 is 0. The third kappa shape index (κ3) is 1.80. The summed E-state index contributed by atoms with van der Waals surface area (Å²) in [5.41, 5.74) is 2.01. The summed E-state index contributed by atoms with van der Waals surface area (Å²) in [6, 6.07) is 8.02. The Labute approximate surface area is 119 Å². The smallest absolute Gasteiger partial charge is 0.234 e. The molecule has 1 N–H and O–H groups in total. The van der Waals surface area contributed by atoms with Crippen molar-refractivity contribution in [3.05, 3.63) is 35.4 Å². The molecule has 0 aromatic heterocycles. The van der Waals surface area contributed by atoms with Gasteiger partial charge in [0.05, 0.1) is 5.92 Å². The van der Waals surface area contributed by atoms with Crippen LogP contribution in [0.2, 0.25) is 0 Å². The van der Waals surface area contributed by atoms with E-state index in [0.717, 1.165) is 24.0 Å². The van der Waals surface area contributed by atoms with E-state index in [9.17, 15) is 9.59 Å². The van der Waals surface area contributed by atoms with Crippen molar-refractivity contribution in [2.75, 3.05) is 0 Å². The first-order valence-electron chi connectivity index (χ1n) is 7.27. The van der Waals surface area contributed by atoms with Gasteiger partial charge in [0.2, 0.25) is 11.8 Å². The van der Waals surface area contributed by atoms with Gasteiger partial charge < -0.3 is 0 Å². The molecule has 2 atom stereocenters. The lowest BCUT2D eigenvalue weighted by molar-refractivity contribution is -0.142. The first-order valence-corrected chi connectivity index (χ1v) is 7.27. The number of hydrogen-bond acceptors (Lipinski definition) is 2. The van der Waals surface area contributed by atoms with Gasteiger partial charge in [0, 0.05) is 6.42 Å². The van der Waals surface area contributed by atoms with Gasteiger partial charge in [-0.1, -0.05) is 38.1 Å². The Balaban J connectivity index is 2.12. The number of carbonyl (C=O) groups is 2. The van der Waals surface area contributed by atoms with Crippen molar-refractivity contribution in [1.29, 1.82) is 0 Å². The summed E-state index contributed by atoms with van der Waals surface area (Å²) in [6.07, 6.45) is 2.65. The molecule has 3 nitrogen and oxygen atoms in total. The van der Waals surface area contributed by atoms with Gasteiger partial charge in [-0.25, -0.2) is 0 Å². The fraction of sp³-hybridized carbons (Fsp3) is 0.529. The summed E-state index contributed by atoms with van der Waals surface area (Å²) in [6.45, 7) is 6.37. The summed E-state index contributed by atoms with van der Waals surface area (Å²) in [4.78, 5) is 24.4. The Hall–Kier alpha value is -1.64. The van der Waals surface area contributed by atoms with Gasteiger partial charge in [0.15, 0.2) is 0 Å². The Bertz CT molecular complexity index is 588. The molecule has 1 heterocycles. The molecule has 1 saturated heterocycles. The zero-order valence-electron chi connectivity index (χ0n) is 12.3. The highest BCUT2D eigenvalue weighted by atomic mass is 16.2. The van der Waals surface area contributed by atoms with Crippen LogP contribution in [0.15, 0.2) is 24.3 Å². The standard InChI is InChI=1S/C17H21NO2/c1-11-6-4-5-7-12(11)14-15(20)18-13(19)10-17(14,3)16(2)8-9-16/h4-7,14H,8-10H2,1-3H3,(H,18,19,20). The van der Waals surface area contributed by atoms with Crippen LogP contribution in [0.25, 0.3) is 0 Å². The molecular weight excluding hydrogens is 250 g/mol. The molecule has 1 aliphatic heterocycles. The highest BCUT2D eigenvalue weighted by Crippen LogP contribution is 2.65. The first kappa shape index (κ1) is 13.3. The normalized spacial score (nSPS) is 31.9. The predicted molar refractivity (Wildman–Crippen MR) is 77.1 cm³/mol. The van der Waals surface area contributed by atoms with Crippen molar-refractivity contribution in [3.8, 4) is 0 Å². The van der Waals surface area contributed by atoms with E-state index in [-0.39, 0.29) is 28.6 Å². The average Bonchev–Trinajstić information content (AvgIpc) is 3.10. The molecule has 106 valence electrons. The number of imide groups is 1. The Kier molecular flexibility index (Phi) is 2.79. The number of piperidine rings is 1. The van der Waals surface area contributed by atoms with E-state index in [1.807, 2.05) is 31.2 Å². The minimum atomic E-state index is -0.279. The SMILES string of the molecule is Cc1ccccc1C1C(=O)NC(=O)CC1(C)C1(C)CC1. The lowest BCUT2D eigenvalue weighted by atomic mass is 9.59. The first-order chi connectivity index (χ1) is 9.37. The third-order valence-corrected chi connectivity index (χ3v) is 5.57. The van der Waals surface area contributed by atoms with E-state index in [0.29, 0.717) is 6.42 Å². The predicted octanol–water partition coefficient (Wildman–Crippen LogP) is 2.93. The summed E-state index contributed by atoms with van der Waals surface area (Å²) in [5.74, 6) is -0.490. The molecule has 0 spiro atoms. The van der Waals surface area contributed by atoms with Crippen molar-refractivity contribution >= 4 is 11.8 Å². The zero-order chi connectivity index (χ0) is 14.5. The van der Waals surface area contributed by atoms with Crippen LogP contribution in [-0.4, -0.2) is 11.8 Å². The lowest BCUT2D eigenvalue weighted by Crippen LogP contribution is -2.52. The van der Waals surface area contributed by atoms with Gasteiger partial charge in [-0.3, -0.25) is 14.9 Å². The molecule has 2 amide bonds. The molecule has 1 aromatic carbocycles. The molecular formula is C17H21NO2. The fourth-order valence-electron chi connectivity index (χ4n) is 3.69. The minimum Gasteiger partial charge on any atom is -0.296 e. The van der Waals surface area contributed by atoms with Gasteiger partial charge in [0.25, 0.3) is 0 Å². The maximum atomic E-state index is 12.5. The zero-order valence-corrected chi connectivity index (χ0v) is 12.3. The second-order valence-electron chi connectivity index (χ2n) is 6.86. The highest BCUT2D eigenvalue weighted by molar-refractivity contribution is 6.02. The number of nitrogens with one attached hydrogen (secondary N) is 1. The number of benzene rings is 1. The van der Waals surface area contributed by atoms with E-state index in [1.165, 1.54) is 0 Å². The van der Waals surface area contributed by atoms with Gasteiger partial charge in [0.1, 0.15) is 0 Å². The van der Waals surface area contributed by atoms with E-state index in [2.05, 4.69) is 19.2 Å².